The molecule has 7 nitrogen and oxygen atoms in total. The standard InChI is InChI=1S/C18H25NO6/c1-12-6-5-9-19(10-12)15(20)11-25-18(21)13-7-8-14(22-2)17(24-4)16(13)23-3/h7-8,12H,5-6,9-11H2,1-4H3/t12-/m0/s1. The molecule has 25 heavy (non-hydrogen) atoms. The maximum atomic E-state index is 12.4. The fourth-order valence-corrected chi connectivity index (χ4v) is 2.97. The fraction of sp³-hybridized carbons (Fsp3) is 0.556. The van der Waals surface area contributed by atoms with Gasteiger partial charge in [0.2, 0.25) is 5.75 Å². The predicted molar refractivity (Wildman–Crippen MR) is 91.4 cm³/mol. The van der Waals surface area contributed by atoms with Crippen molar-refractivity contribution in [2.24, 2.45) is 5.92 Å². The van der Waals surface area contributed by atoms with Crippen LogP contribution in [-0.4, -0.2) is 57.8 Å². The third-order valence-electron chi connectivity index (χ3n) is 4.26. The van der Waals surface area contributed by atoms with Gasteiger partial charge in [-0.05, 0) is 30.9 Å². The maximum Gasteiger partial charge on any atom is 0.342 e. The summed E-state index contributed by atoms with van der Waals surface area (Å²) >= 11 is 0. The lowest BCUT2D eigenvalue weighted by Gasteiger charge is -2.30. The summed E-state index contributed by atoms with van der Waals surface area (Å²) in [6.45, 7) is 3.24. The van der Waals surface area contributed by atoms with Gasteiger partial charge in [0.25, 0.3) is 5.91 Å². The molecule has 0 bridgehead atoms. The first-order chi connectivity index (χ1) is 12.0. The monoisotopic (exact) mass is 351 g/mol. The smallest absolute Gasteiger partial charge is 0.342 e. The summed E-state index contributed by atoms with van der Waals surface area (Å²) in [7, 11) is 4.37. The van der Waals surface area contributed by atoms with Gasteiger partial charge in [-0.25, -0.2) is 4.79 Å². The van der Waals surface area contributed by atoms with Crippen molar-refractivity contribution in [3.63, 3.8) is 0 Å². The molecule has 138 valence electrons. The summed E-state index contributed by atoms with van der Waals surface area (Å²) in [5, 5.41) is 0. The molecule has 1 aliphatic rings. The zero-order valence-electron chi connectivity index (χ0n) is 15.2. The normalized spacial score (nSPS) is 17.0. The van der Waals surface area contributed by atoms with E-state index in [1.165, 1.54) is 27.4 Å². The lowest BCUT2D eigenvalue weighted by atomic mass is 10.0. The minimum Gasteiger partial charge on any atom is -0.493 e. The topological polar surface area (TPSA) is 74.3 Å². The number of ether oxygens (including phenoxy) is 4. The first-order valence-corrected chi connectivity index (χ1v) is 8.25. The Labute approximate surface area is 147 Å². The molecule has 1 saturated heterocycles. The Morgan fingerprint density at radius 3 is 2.44 bits per heavy atom. The average Bonchev–Trinajstić information content (AvgIpc) is 2.64. The largest absolute Gasteiger partial charge is 0.493 e. The number of hydrogen-bond donors (Lipinski definition) is 0. The zero-order chi connectivity index (χ0) is 18.4. The molecule has 1 atom stereocenters. The minimum absolute atomic E-state index is 0.181. The van der Waals surface area contributed by atoms with E-state index in [1.54, 1.807) is 11.0 Å². The van der Waals surface area contributed by atoms with E-state index >= 15 is 0 Å². The highest BCUT2D eigenvalue weighted by atomic mass is 16.5. The number of benzene rings is 1. The summed E-state index contributed by atoms with van der Waals surface area (Å²) in [6.07, 6.45) is 2.09. The number of rotatable bonds is 6. The molecule has 1 aromatic rings. The van der Waals surface area contributed by atoms with Crippen LogP contribution in [0.1, 0.15) is 30.1 Å². The van der Waals surface area contributed by atoms with Gasteiger partial charge in [0, 0.05) is 13.1 Å². The summed E-state index contributed by atoms with van der Waals surface area (Å²) in [5.74, 6) is 0.603. The van der Waals surface area contributed by atoms with E-state index in [1.807, 2.05) is 0 Å². The van der Waals surface area contributed by atoms with Gasteiger partial charge in [-0.15, -0.1) is 0 Å². The number of carbonyl (C=O) groups is 2. The van der Waals surface area contributed by atoms with Crippen molar-refractivity contribution >= 4 is 11.9 Å². The highest BCUT2D eigenvalue weighted by Crippen LogP contribution is 2.39. The molecular weight excluding hydrogens is 326 g/mol. The van der Waals surface area contributed by atoms with E-state index in [0.717, 1.165) is 12.8 Å². The molecule has 1 aliphatic heterocycles. The van der Waals surface area contributed by atoms with Crippen LogP contribution in [0.25, 0.3) is 0 Å². The van der Waals surface area contributed by atoms with Crippen LogP contribution in [0.4, 0.5) is 0 Å². The molecule has 1 amide bonds. The summed E-state index contributed by atoms with van der Waals surface area (Å²) in [4.78, 5) is 26.3. The van der Waals surface area contributed by atoms with Crippen LogP contribution in [-0.2, 0) is 9.53 Å². The van der Waals surface area contributed by atoms with Gasteiger partial charge in [-0.3, -0.25) is 4.79 Å². The summed E-state index contributed by atoms with van der Waals surface area (Å²) in [5.41, 5.74) is 0.181. The van der Waals surface area contributed by atoms with Crippen molar-refractivity contribution in [1.29, 1.82) is 0 Å². The van der Waals surface area contributed by atoms with Gasteiger partial charge in [0.05, 0.1) is 21.3 Å². The van der Waals surface area contributed by atoms with E-state index in [2.05, 4.69) is 6.92 Å². The number of nitrogens with zero attached hydrogens (tertiary/aromatic N) is 1. The number of hydrogen-bond acceptors (Lipinski definition) is 6. The van der Waals surface area contributed by atoms with Crippen LogP contribution in [0, 0.1) is 5.92 Å². The molecule has 2 rings (SSSR count). The van der Waals surface area contributed by atoms with Gasteiger partial charge in [0.15, 0.2) is 18.1 Å². The van der Waals surface area contributed by atoms with Gasteiger partial charge in [-0.1, -0.05) is 6.92 Å². The Bertz CT molecular complexity index is 630. The Kier molecular flexibility index (Phi) is 6.50. The van der Waals surface area contributed by atoms with Crippen LogP contribution in [0.2, 0.25) is 0 Å². The highest BCUT2D eigenvalue weighted by Gasteiger charge is 2.25. The maximum absolute atomic E-state index is 12.4. The second-order valence-electron chi connectivity index (χ2n) is 6.05. The van der Waals surface area contributed by atoms with Gasteiger partial charge < -0.3 is 23.8 Å². The average molecular weight is 351 g/mol. The van der Waals surface area contributed by atoms with Crippen molar-refractivity contribution in [1.82, 2.24) is 4.90 Å². The van der Waals surface area contributed by atoms with Gasteiger partial charge in [0.1, 0.15) is 5.56 Å². The van der Waals surface area contributed by atoms with E-state index in [9.17, 15) is 9.59 Å². The van der Waals surface area contributed by atoms with E-state index in [4.69, 9.17) is 18.9 Å². The Morgan fingerprint density at radius 1 is 1.12 bits per heavy atom. The second-order valence-corrected chi connectivity index (χ2v) is 6.05. The molecule has 0 saturated carbocycles. The van der Waals surface area contributed by atoms with Crippen molar-refractivity contribution in [3.05, 3.63) is 17.7 Å². The SMILES string of the molecule is COc1ccc(C(=O)OCC(=O)N2CCC[C@H](C)C2)c(OC)c1OC. The molecule has 0 N–H and O–H groups in total. The number of esters is 1. The molecule has 0 aromatic heterocycles. The Hall–Kier alpha value is -2.44. The van der Waals surface area contributed by atoms with Crippen LogP contribution in [0.15, 0.2) is 12.1 Å². The number of likely N-dealkylation sites (tertiary alicyclic amines) is 1. The lowest BCUT2D eigenvalue weighted by Crippen LogP contribution is -2.41. The molecule has 0 aliphatic carbocycles. The predicted octanol–water partition coefficient (Wildman–Crippen LogP) is 2.13. The van der Waals surface area contributed by atoms with Crippen molar-refractivity contribution < 1.29 is 28.5 Å². The van der Waals surface area contributed by atoms with Crippen molar-refractivity contribution in [2.75, 3.05) is 41.0 Å². The third-order valence-corrected chi connectivity index (χ3v) is 4.26. The van der Waals surface area contributed by atoms with Crippen LogP contribution in [0.5, 0.6) is 17.2 Å². The lowest BCUT2D eigenvalue weighted by molar-refractivity contribution is -0.136. The number of carbonyl (C=O) groups excluding carboxylic acids is 2. The second kappa shape index (κ2) is 8.60. The number of methoxy groups -OCH3 is 3. The van der Waals surface area contributed by atoms with E-state index in [0.29, 0.717) is 30.5 Å². The molecule has 0 unspecified atom stereocenters. The van der Waals surface area contributed by atoms with Crippen LogP contribution >= 0.6 is 0 Å². The molecule has 1 aromatic carbocycles. The van der Waals surface area contributed by atoms with Crippen molar-refractivity contribution in [2.45, 2.75) is 19.8 Å². The molecule has 0 radical (unpaired) electrons. The zero-order valence-corrected chi connectivity index (χ0v) is 15.2. The Balaban J connectivity index is 2.06. The highest BCUT2D eigenvalue weighted by molar-refractivity contribution is 5.95. The molecule has 1 fully saturated rings. The minimum atomic E-state index is -0.642. The van der Waals surface area contributed by atoms with Crippen LogP contribution < -0.4 is 14.2 Å². The van der Waals surface area contributed by atoms with Crippen molar-refractivity contribution in [3.8, 4) is 17.2 Å². The van der Waals surface area contributed by atoms with E-state index < -0.39 is 5.97 Å². The molecule has 1 heterocycles. The van der Waals surface area contributed by atoms with E-state index in [-0.39, 0.29) is 23.8 Å². The van der Waals surface area contributed by atoms with Gasteiger partial charge in [-0.2, -0.15) is 0 Å². The molecule has 7 heteroatoms. The number of amides is 1. The number of piperidine rings is 1. The Morgan fingerprint density at radius 2 is 1.84 bits per heavy atom. The summed E-state index contributed by atoms with van der Waals surface area (Å²) in [6, 6.07) is 3.11. The molecule has 0 spiro atoms. The van der Waals surface area contributed by atoms with Gasteiger partial charge >= 0.3 is 5.97 Å². The fourth-order valence-electron chi connectivity index (χ4n) is 2.97. The third kappa shape index (κ3) is 4.35. The molecular formula is C18H25NO6. The first-order valence-electron chi connectivity index (χ1n) is 8.25. The quantitative estimate of drug-likeness (QED) is 0.731. The first kappa shape index (κ1) is 18.9. The van der Waals surface area contributed by atoms with Crippen LogP contribution in [0.3, 0.4) is 0 Å². The summed E-state index contributed by atoms with van der Waals surface area (Å²) < 4.78 is 20.9.